The van der Waals surface area contributed by atoms with E-state index in [0.29, 0.717) is 11.5 Å². The van der Waals surface area contributed by atoms with Crippen molar-refractivity contribution in [2.45, 2.75) is 19.9 Å². The average molecular weight is 247 g/mol. The van der Waals surface area contributed by atoms with E-state index in [-0.39, 0.29) is 11.7 Å². The lowest BCUT2D eigenvalue weighted by molar-refractivity contribution is -0.574. The van der Waals surface area contributed by atoms with Gasteiger partial charge in [0.05, 0.1) is 6.20 Å². The summed E-state index contributed by atoms with van der Waals surface area (Å²) < 4.78 is 3.36. The lowest BCUT2D eigenvalue weighted by Gasteiger charge is -2.07. The second-order valence-corrected chi connectivity index (χ2v) is 4.52. The minimum absolute atomic E-state index is 0.0215. The molecule has 0 unspecified atom stereocenters. The van der Waals surface area contributed by atoms with E-state index in [1.807, 2.05) is 30.8 Å². The van der Waals surface area contributed by atoms with Gasteiger partial charge in [-0.05, 0) is 13.8 Å². The number of imidazole rings is 2. The maximum Gasteiger partial charge on any atom is 0.327 e. The molecule has 5 N–H and O–H groups in total. The Morgan fingerprint density at radius 3 is 2.89 bits per heavy atom. The number of aromatic nitrogens is 5. The van der Waals surface area contributed by atoms with Gasteiger partial charge in [0, 0.05) is 6.04 Å². The highest BCUT2D eigenvalue weighted by molar-refractivity contribution is 5.78. The van der Waals surface area contributed by atoms with Crippen LogP contribution in [-0.2, 0) is 0 Å². The first kappa shape index (κ1) is 10.7. The number of nitrogens with one attached hydrogen (secondary N) is 3. The summed E-state index contributed by atoms with van der Waals surface area (Å²) in [5.41, 5.74) is 8.20. The van der Waals surface area contributed by atoms with Crippen molar-refractivity contribution < 1.29 is 4.52 Å². The fourth-order valence-corrected chi connectivity index (χ4v) is 2.22. The van der Waals surface area contributed by atoms with Crippen LogP contribution in [0.3, 0.4) is 0 Å². The highest BCUT2D eigenvalue weighted by Gasteiger charge is 2.21. The molecule has 0 saturated carbocycles. The van der Waals surface area contributed by atoms with Gasteiger partial charge >= 0.3 is 11.3 Å². The molecule has 0 saturated heterocycles. The fourth-order valence-electron chi connectivity index (χ4n) is 2.22. The second-order valence-electron chi connectivity index (χ2n) is 4.52. The number of H-pyrrole nitrogens is 3. The summed E-state index contributed by atoms with van der Waals surface area (Å²) in [7, 11) is 0. The van der Waals surface area contributed by atoms with Crippen molar-refractivity contribution >= 4 is 11.5 Å². The molecule has 0 fully saturated rings. The van der Waals surface area contributed by atoms with Gasteiger partial charge in [-0.25, -0.2) is 14.9 Å². The molecule has 0 radical (unpaired) electrons. The van der Waals surface area contributed by atoms with E-state index in [0.717, 1.165) is 11.2 Å². The summed E-state index contributed by atoms with van der Waals surface area (Å²) in [6.07, 6.45) is 5.47. The van der Waals surface area contributed by atoms with Gasteiger partial charge in [0.25, 0.3) is 0 Å². The minimum atomic E-state index is -0.191. The van der Waals surface area contributed by atoms with Crippen LogP contribution in [0.15, 0.2) is 23.4 Å². The Morgan fingerprint density at radius 1 is 1.44 bits per heavy atom. The molecule has 0 atom stereocenters. The summed E-state index contributed by atoms with van der Waals surface area (Å²) in [6, 6.07) is 0.0215. The van der Waals surface area contributed by atoms with Crippen molar-refractivity contribution in [1.29, 1.82) is 0 Å². The van der Waals surface area contributed by atoms with Crippen LogP contribution in [0.2, 0.25) is 0 Å². The molecule has 94 valence electrons. The van der Waals surface area contributed by atoms with E-state index < -0.39 is 0 Å². The van der Waals surface area contributed by atoms with Crippen LogP contribution in [0.5, 0.6) is 0 Å². The predicted molar refractivity (Wildman–Crippen MR) is 67.1 cm³/mol. The zero-order chi connectivity index (χ0) is 12.9. The number of hydrogen-bond acceptors (Lipinski definition) is 2. The molecule has 0 spiro atoms. The molecule has 18 heavy (non-hydrogen) atoms. The van der Waals surface area contributed by atoms with Gasteiger partial charge in [-0.1, -0.05) is 0 Å². The van der Waals surface area contributed by atoms with Gasteiger partial charge in [-0.3, -0.25) is 4.57 Å². The summed E-state index contributed by atoms with van der Waals surface area (Å²) in [5, 5.41) is 3.05. The van der Waals surface area contributed by atoms with Crippen molar-refractivity contribution in [3.8, 4) is 11.3 Å². The summed E-state index contributed by atoms with van der Waals surface area (Å²) in [4.78, 5) is 17.8. The lowest BCUT2D eigenvalue weighted by Crippen LogP contribution is -2.20. The van der Waals surface area contributed by atoms with Crippen molar-refractivity contribution in [3.63, 3.8) is 0 Å². The first-order valence-corrected chi connectivity index (χ1v) is 5.76. The normalized spacial score (nSPS) is 11.7. The van der Waals surface area contributed by atoms with Crippen LogP contribution in [0.1, 0.15) is 19.9 Å². The smallest absolute Gasteiger partial charge is 0.327 e. The quantitative estimate of drug-likeness (QED) is 0.493. The number of nitrogen functional groups attached to an aromatic ring is 1. The molecule has 0 aliphatic rings. The van der Waals surface area contributed by atoms with Crippen LogP contribution in [0, 0.1) is 0 Å². The van der Waals surface area contributed by atoms with Crippen LogP contribution >= 0.6 is 0 Å². The molecule has 3 aromatic heterocycles. The third-order valence-corrected chi connectivity index (χ3v) is 3.04. The lowest BCUT2D eigenvalue weighted by atomic mass is 10.2. The SMILES string of the molecule is CC(C)n1c(N)c(-c2c[nH][n+]3cc[nH]c23)[nH]c1=O. The van der Waals surface area contributed by atoms with E-state index in [4.69, 9.17) is 5.73 Å². The number of nitrogens with two attached hydrogens (primary N) is 1. The van der Waals surface area contributed by atoms with E-state index >= 15 is 0 Å². The zero-order valence-corrected chi connectivity index (χ0v) is 10.2. The molecule has 7 heteroatoms. The van der Waals surface area contributed by atoms with Gasteiger partial charge in [0.1, 0.15) is 23.3 Å². The summed E-state index contributed by atoms with van der Waals surface area (Å²) in [5.74, 6) is 0.450. The molecule has 7 nitrogen and oxygen atoms in total. The summed E-state index contributed by atoms with van der Waals surface area (Å²) in [6.45, 7) is 3.84. The third-order valence-electron chi connectivity index (χ3n) is 3.04. The fraction of sp³-hybridized carbons (Fsp3) is 0.273. The molecule has 0 bridgehead atoms. The maximum absolute atomic E-state index is 11.9. The Morgan fingerprint density at radius 2 is 2.22 bits per heavy atom. The molecular weight excluding hydrogens is 232 g/mol. The van der Waals surface area contributed by atoms with E-state index in [2.05, 4.69) is 15.1 Å². The Hall–Kier alpha value is -2.44. The van der Waals surface area contributed by atoms with E-state index in [9.17, 15) is 4.79 Å². The molecule has 0 aliphatic carbocycles. The molecule has 0 aromatic carbocycles. The highest BCUT2D eigenvalue weighted by Crippen LogP contribution is 2.25. The number of aromatic amines is 3. The Bertz CT molecular complexity index is 756. The van der Waals surface area contributed by atoms with Gasteiger partial charge in [0.15, 0.2) is 6.20 Å². The zero-order valence-electron chi connectivity index (χ0n) is 10.2. The minimum Gasteiger partial charge on any atom is -0.383 e. The molecule has 3 rings (SSSR count). The molecule has 3 heterocycles. The van der Waals surface area contributed by atoms with Gasteiger partial charge < -0.3 is 10.7 Å². The van der Waals surface area contributed by atoms with E-state index in [1.165, 1.54) is 0 Å². The first-order chi connectivity index (χ1) is 8.59. The first-order valence-electron chi connectivity index (χ1n) is 5.76. The van der Waals surface area contributed by atoms with Gasteiger partial charge in [-0.2, -0.15) is 0 Å². The van der Waals surface area contributed by atoms with Crippen LogP contribution in [0.4, 0.5) is 5.82 Å². The average Bonchev–Trinajstić information content (AvgIpc) is 2.92. The van der Waals surface area contributed by atoms with Crippen LogP contribution < -0.4 is 15.9 Å². The predicted octanol–water partition coefficient (Wildman–Crippen LogP) is 0.401. The highest BCUT2D eigenvalue weighted by atomic mass is 16.1. The van der Waals surface area contributed by atoms with Gasteiger partial charge in [-0.15, -0.1) is 4.52 Å². The monoisotopic (exact) mass is 247 g/mol. The number of rotatable bonds is 2. The van der Waals surface area contributed by atoms with Gasteiger partial charge in [0.2, 0.25) is 0 Å². The maximum atomic E-state index is 11.9. The van der Waals surface area contributed by atoms with Crippen LogP contribution in [0.25, 0.3) is 16.9 Å². The topological polar surface area (TPSA) is 99.5 Å². The van der Waals surface area contributed by atoms with Crippen molar-refractivity contribution in [2.75, 3.05) is 5.73 Å². The van der Waals surface area contributed by atoms with Crippen LogP contribution in [-0.4, -0.2) is 19.6 Å². The third kappa shape index (κ3) is 1.30. The number of fused-ring (bicyclic) bond motifs is 1. The van der Waals surface area contributed by atoms with Crippen molar-refractivity contribution in [3.05, 3.63) is 29.1 Å². The number of anilines is 1. The number of nitrogens with zero attached hydrogens (tertiary/aromatic N) is 2. The molecule has 0 amide bonds. The standard InChI is InChI=1S/C11H14N6O/c1-6(2)17-9(12)8(15-11(17)18)7-5-14-16-4-3-13-10(7)16/h3-6H,12H2,1-2H3,(H2,13,14,15,18)/p+1. The van der Waals surface area contributed by atoms with Crippen molar-refractivity contribution in [2.24, 2.45) is 0 Å². The second kappa shape index (κ2) is 3.52. The summed E-state index contributed by atoms with van der Waals surface area (Å²) >= 11 is 0. The Kier molecular flexibility index (Phi) is 2.09. The molecular formula is C11H15N6O+. The Balaban J connectivity index is 2.28. The number of hydrogen-bond donors (Lipinski definition) is 4. The largest absolute Gasteiger partial charge is 0.383 e. The van der Waals surface area contributed by atoms with E-state index in [1.54, 1.807) is 10.8 Å². The molecule has 0 aliphatic heterocycles. The Labute approximate surface area is 102 Å². The molecule has 3 aromatic rings. The van der Waals surface area contributed by atoms with Crippen molar-refractivity contribution in [1.82, 2.24) is 19.6 Å².